The average Bonchev–Trinajstić information content (AvgIpc) is 2.73. The Morgan fingerprint density at radius 3 is 2.79 bits per heavy atom. The van der Waals surface area contributed by atoms with Gasteiger partial charge >= 0.3 is 5.97 Å². The summed E-state index contributed by atoms with van der Waals surface area (Å²) in [5, 5.41) is 3.33. The number of ether oxygens (including phenoxy) is 1. The molecular formula is C20H22N6O2. The Labute approximate surface area is 163 Å². The molecule has 0 unspecified atom stereocenters. The molecule has 144 valence electrons. The van der Waals surface area contributed by atoms with E-state index in [0.29, 0.717) is 35.9 Å². The van der Waals surface area contributed by atoms with Crippen LogP contribution >= 0.6 is 0 Å². The summed E-state index contributed by atoms with van der Waals surface area (Å²) >= 11 is 0. The second-order valence-corrected chi connectivity index (χ2v) is 6.91. The van der Waals surface area contributed by atoms with Crippen molar-refractivity contribution < 1.29 is 9.53 Å². The van der Waals surface area contributed by atoms with E-state index in [9.17, 15) is 4.79 Å². The summed E-state index contributed by atoms with van der Waals surface area (Å²) in [5.74, 6) is 1.07. The number of carbonyl (C=O) groups excluding carboxylic acids is 1. The first-order valence-corrected chi connectivity index (χ1v) is 9.28. The van der Waals surface area contributed by atoms with Crippen LogP contribution in [-0.4, -0.2) is 46.1 Å². The van der Waals surface area contributed by atoms with Gasteiger partial charge in [-0.15, -0.1) is 0 Å². The first kappa shape index (κ1) is 18.1. The lowest BCUT2D eigenvalue weighted by Gasteiger charge is -2.30. The van der Waals surface area contributed by atoms with Gasteiger partial charge in [0.2, 0.25) is 5.95 Å². The van der Waals surface area contributed by atoms with Gasteiger partial charge in [-0.2, -0.15) is 0 Å². The van der Waals surface area contributed by atoms with Crippen molar-refractivity contribution in [3.8, 4) is 0 Å². The molecule has 3 heterocycles. The van der Waals surface area contributed by atoms with Crippen LogP contribution in [0.1, 0.15) is 18.4 Å². The molecule has 8 heteroatoms. The molecular weight excluding hydrogens is 356 g/mol. The summed E-state index contributed by atoms with van der Waals surface area (Å²) in [7, 11) is 1.43. The molecule has 1 saturated heterocycles. The van der Waals surface area contributed by atoms with E-state index in [2.05, 4.69) is 25.2 Å². The molecule has 28 heavy (non-hydrogen) atoms. The van der Waals surface area contributed by atoms with Crippen molar-refractivity contribution in [3.05, 3.63) is 42.4 Å². The highest BCUT2D eigenvalue weighted by Crippen LogP contribution is 2.26. The molecule has 1 aromatic carbocycles. The first-order chi connectivity index (χ1) is 13.6. The fourth-order valence-electron chi connectivity index (χ4n) is 3.43. The van der Waals surface area contributed by atoms with Gasteiger partial charge in [-0.05, 0) is 37.5 Å². The maximum Gasteiger partial charge on any atom is 0.308 e. The Bertz CT molecular complexity index is 1000. The van der Waals surface area contributed by atoms with Crippen molar-refractivity contribution in [1.29, 1.82) is 0 Å². The van der Waals surface area contributed by atoms with Crippen molar-refractivity contribution in [2.75, 3.05) is 30.4 Å². The maximum atomic E-state index is 11.7. The number of benzene rings is 1. The van der Waals surface area contributed by atoms with E-state index in [1.165, 1.54) is 13.4 Å². The summed E-state index contributed by atoms with van der Waals surface area (Å²) in [4.78, 5) is 31.6. The van der Waals surface area contributed by atoms with E-state index in [1.54, 1.807) is 6.20 Å². The van der Waals surface area contributed by atoms with E-state index >= 15 is 0 Å². The third kappa shape index (κ3) is 3.71. The Morgan fingerprint density at radius 2 is 2.04 bits per heavy atom. The largest absolute Gasteiger partial charge is 0.469 e. The molecule has 1 aliphatic heterocycles. The van der Waals surface area contributed by atoms with Gasteiger partial charge in [0.15, 0.2) is 5.82 Å². The smallest absolute Gasteiger partial charge is 0.308 e. The number of anilines is 3. The fraction of sp³-hybridized carbons (Fsp3) is 0.350. The average molecular weight is 378 g/mol. The third-order valence-electron chi connectivity index (χ3n) is 4.96. The second-order valence-electron chi connectivity index (χ2n) is 6.91. The zero-order valence-electron chi connectivity index (χ0n) is 15.9. The second kappa shape index (κ2) is 7.75. The standard InChI is InChI=1S/C20H22N6O2/c1-13-4-3-5-15(10-13)24-18-17-16(22-12-23-18)11-21-20(25-17)26-8-6-14(7-9-26)19(27)28-2/h3-5,10-12,14H,6-9H2,1-2H3,(H,22,23,24). The lowest BCUT2D eigenvalue weighted by Crippen LogP contribution is -2.37. The third-order valence-corrected chi connectivity index (χ3v) is 4.96. The number of carbonyl (C=O) groups is 1. The first-order valence-electron chi connectivity index (χ1n) is 9.28. The van der Waals surface area contributed by atoms with Crippen LogP contribution in [0, 0.1) is 12.8 Å². The van der Waals surface area contributed by atoms with Crippen LogP contribution in [0.3, 0.4) is 0 Å². The van der Waals surface area contributed by atoms with Crippen molar-refractivity contribution in [3.63, 3.8) is 0 Å². The zero-order valence-corrected chi connectivity index (χ0v) is 15.9. The van der Waals surface area contributed by atoms with Gasteiger partial charge in [-0.25, -0.2) is 19.9 Å². The maximum absolute atomic E-state index is 11.7. The molecule has 1 aliphatic rings. The normalized spacial score (nSPS) is 14.9. The zero-order chi connectivity index (χ0) is 19.5. The summed E-state index contributed by atoms with van der Waals surface area (Å²) in [6.07, 6.45) is 4.68. The minimum atomic E-state index is -0.142. The molecule has 8 nitrogen and oxygen atoms in total. The number of nitrogens with one attached hydrogen (secondary N) is 1. The number of aryl methyl sites for hydroxylation is 1. The highest BCUT2D eigenvalue weighted by molar-refractivity contribution is 5.87. The van der Waals surface area contributed by atoms with E-state index in [1.807, 2.05) is 31.2 Å². The predicted octanol–water partition coefficient (Wildman–Crippen LogP) is 2.86. The van der Waals surface area contributed by atoms with E-state index in [-0.39, 0.29) is 11.9 Å². The van der Waals surface area contributed by atoms with Gasteiger partial charge in [0.25, 0.3) is 0 Å². The van der Waals surface area contributed by atoms with E-state index < -0.39 is 0 Å². The SMILES string of the molecule is COC(=O)C1CCN(c2ncc3ncnc(Nc4cccc(C)c4)c3n2)CC1. The number of rotatable bonds is 4. The van der Waals surface area contributed by atoms with Crippen molar-refractivity contribution in [2.24, 2.45) is 5.92 Å². The van der Waals surface area contributed by atoms with Gasteiger partial charge in [0, 0.05) is 18.8 Å². The molecule has 1 N–H and O–H groups in total. The number of methoxy groups -OCH3 is 1. The van der Waals surface area contributed by atoms with Crippen LogP contribution in [0.2, 0.25) is 0 Å². The Hall–Kier alpha value is -3.29. The van der Waals surface area contributed by atoms with Crippen LogP contribution in [0.4, 0.5) is 17.5 Å². The van der Waals surface area contributed by atoms with Crippen LogP contribution in [0.15, 0.2) is 36.8 Å². The highest BCUT2D eigenvalue weighted by atomic mass is 16.5. The number of hydrogen-bond donors (Lipinski definition) is 1. The summed E-state index contributed by atoms with van der Waals surface area (Å²) in [6, 6.07) is 8.07. The van der Waals surface area contributed by atoms with Crippen LogP contribution in [0.25, 0.3) is 11.0 Å². The Morgan fingerprint density at radius 1 is 1.21 bits per heavy atom. The minimum Gasteiger partial charge on any atom is -0.469 e. The molecule has 4 rings (SSSR count). The molecule has 0 saturated carbocycles. The lowest BCUT2D eigenvalue weighted by atomic mass is 9.97. The molecule has 0 aliphatic carbocycles. The Kier molecular flexibility index (Phi) is 5.01. The van der Waals surface area contributed by atoms with Gasteiger partial charge in [-0.3, -0.25) is 4.79 Å². The molecule has 0 spiro atoms. The molecule has 0 bridgehead atoms. The number of fused-ring (bicyclic) bond motifs is 1. The van der Waals surface area contributed by atoms with Crippen LogP contribution in [-0.2, 0) is 9.53 Å². The quantitative estimate of drug-likeness (QED) is 0.693. The highest BCUT2D eigenvalue weighted by Gasteiger charge is 2.27. The summed E-state index contributed by atoms with van der Waals surface area (Å²) < 4.78 is 4.86. The number of piperidine rings is 1. The minimum absolute atomic E-state index is 0.0522. The lowest BCUT2D eigenvalue weighted by molar-refractivity contribution is -0.146. The summed E-state index contributed by atoms with van der Waals surface area (Å²) in [6.45, 7) is 3.46. The topological polar surface area (TPSA) is 93.1 Å². The summed E-state index contributed by atoms with van der Waals surface area (Å²) in [5.41, 5.74) is 3.45. The van der Waals surface area contributed by atoms with Crippen molar-refractivity contribution in [2.45, 2.75) is 19.8 Å². The van der Waals surface area contributed by atoms with Gasteiger partial charge in [0.05, 0.1) is 19.2 Å². The molecule has 0 atom stereocenters. The fourth-order valence-corrected chi connectivity index (χ4v) is 3.43. The van der Waals surface area contributed by atoms with Crippen molar-refractivity contribution in [1.82, 2.24) is 19.9 Å². The molecule has 0 radical (unpaired) electrons. The molecule has 1 fully saturated rings. The van der Waals surface area contributed by atoms with Crippen molar-refractivity contribution >= 4 is 34.5 Å². The molecule has 2 aromatic heterocycles. The van der Waals surface area contributed by atoms with Crippen LogP contribution < -0.4 is 10.2 Å². The van der Waals surface area contributed by atoms with Gasteiger partial charge in [0.1, 0.15) is 17.4 Å². The number of esters is 1. The Balaban J connectivity index is 1.59. The molecule has 3 aromatic rings. The number of nitrogens with zero attached hydrogens (tertiary/aromatic N) is 5. The van der Waals surface area contributed by atoms with Crippen LogP contribution in [0.5, 0.6) is 0 Å². The molecule has 0 amide bonds. The number of hydrogen-bond acceptors (Lipinski definition) is 8. The van der Waals surface area contributed by atoms with E-state index in [0.717, 1.165) is 24.1 Å². The van der Waals surface area contributed by atoms with Gasteiger partial charge < -0.3 is 15.0 Å². The van der Waals surface area contributed by atoms with Gasteiger partial charge in [-0.1, -0.05) is 12.1 Å². The van der Waals surface area contributed by atoms with E-state index in [4.69, 9.17) is 9.72 Å². The monoisotopic (exact) mass is 378 g/mol. The number of aromatic nitrogens is 4. The predicted molar refractivity (Wildman–Crippen MR) is 107 cm³/mol.